The highest BCUT2D eigenvalue weighted by atomic mass is 16.9. The zero-order chi connectivity index (χ0) is 19.0. The number of carbonyl (C=O) groups is 2. The van der Waals surface area contributed by atoms with Gasteiger partial charge in [-0.25, -0.2) is 0 Å². The Morgan fingerprint density at radius 1 is 0.880 bits per heavy atom. The lowest BCUT2D eigenvalue weighted by Crippen LogP contribution is -2.46. The molecule has 0 aliphatic rings. The molecule has 148 valence electrons. The summed E-state index contributed by atoms with van der Waals surface area (Å²) < 4.78 is 22.3. The Hall–Kier alpha value is -1.18. The zero-order valence-corrected chi connectivity index (χ0v) is 15.9. The van der Waals surface area contributed by atoms with Crippen molar-refractivity contribution in [3.05, 3.63) is 0 Å². The Kier molecular flexibility index (Phi) is 14.4. The molecule has 1 atom stereocenters. The first-order chi connectivity index (χ1) is 12.0. The van der Waals surface area contributed by atoms with E-state index in [0.717, 1.165) is 25.7 Å². The van der Waals surface area contributed by atoms with Gasteiger partial charge in [-0.3, -0.25) is 9.59 Å². The van der Waals surface area contributed by atoms with Crippen LogP contribution in [0.3, 0.4) is 0 Å². The topological polar surface area (TPSA) is 91.3 Å². The second-order valence-electron chi connectivity index (χ2n) is 5.80. The van der Waals surface area contributed by atoms with Gasteiger partial charge in [0.2, 0.25) is 0 Å². The SMILES string of the molecule is CCCCOCC(OCC)(OCCCC)OC(=O)CCCCC(=O)O. The van der Waals surface area contributed by atoms with Crippen LogP contribution in [0.2, 0.25) is 0 Å². The summed E-state index contributed by atoms with van der Waals surface area (Å²) >= 11 is 0. The summed E-state index contributed by atoms with van der Waals surface area (Å²) in [6.45, 7) is 7.18. The summed E-state index contributed by atoms with van der Waals surface area (Å²) in [6, 6.07) is 0. The highest BCUT2D eigenvalue weighted by Crippen LogP contribution is 2.19. The smallest absolute Gasteiger partial charge is 0.354 e. The molecule has 0 saturated heterocycles. The van der Waals surface area contributed by atoms with Gasteiger partial charge in [0.25, 0.3) is 0 Å². The van der Waals surface area contributed by atoms with Gasteiger partial charge in [0, 0.05) is 19.4 Å². The van der Waals surface area contributed by atoms with Crippen molar-refractivity contribution in [2.24, 2.45) is 0 Å². The van der Waals surface area contributed by atoms with Crippen LogP contribution in [0.1, 0.15) is 72.1 Å². The molecule has 1 unspecified atom stereocenters. The average molecular weight is 362 g/mol. The minimum Gasteiger partial charge on any atom is -0.481 e. The first kappa shape index (κ1) is 23.8. The van der Waals surface area contributed by atoms with E-state index >= 15 is 0 Å². The predicted molar refractivity (Wildman–Crippen MR) is 93.1 cm³/mol. The van der Waals surface area contributed by atoms with E-state index in [2.05, 4.69) is 6.92 Å². The third-order valence-electron chi connectivity index (χ3n) is 3.40. The molecule has 1 N–H and O–H groups in total. The van der Waals surface area contributed by atoms with Crippen LogP contribution in [0.25, 0.3) is 0 Å². The van der Waals surface area contributed by atoms with Crippen molar-refractivity contribution >= 4 is 11.9 Å². The first-order valence-electron chi connectivity index (χ1n) is 9.29. The molecule has 0 aliphatic carbocycles. The lowest BCUT2D eigenvalue weighted by molar-refractivity contribution is -0.376. The van der Waals surface area contributed by atoms with E-state index in [9.17, 15) is 9.59 Å². The predicted octanol–water partition coefficient (Wildman–Crippen LogP) is 3.50. The number of rotatable bonds is 17. The van der Waals surface area contributed by atoms with Gasteiger partial charge in [0.05, 0.1) is 13.2 Å². The van der Waals surface area contributed by atoms with Gasteiger partial charge in [-0.1, -0.05) is 26.7 Å². The Bertz CT molecular complexity index is 359. The van der Waals surface area contributed by atoms with Crippen LogP contribution in [-0.2, 0) is 28.5 Å². The highest BCUT2D eigenvalue weighted by Gasteiger charge is 2.37. The maximum Gasteiger partial charge on any atom is 0.354 e. The molecule has 7 nitrogen and oxygen atoms in total. The number of hydrogen-bond donors (Lipinski definition) is 1. The van der Waals surface area contributed by atoms with Crippen LogP contribution < -0.4 is 0 Å². The number of aliphatic carboxylic acids is 1. The molecule has 0 aromatic rings. The van der Waals surface area contributed by atoms with Crippen molar-refractivity contribution in [2.75, 3.05) is 26.4 Å². The lowest BCUT2D eigenvalue weighted by Gasteiger charge is -2.32. The van der Waals surface area contributed by atoms with Gasteiger partial charge in [0.15, 0.2) is 0 Å². The Morgan fingerprint density at radius 3 is 2.12 bits per heavy atom. The highest BCUT2D eigenvalue weighted by molar-refractivity contribution is 5.70. The Morgan fingerprint density at radius 2 is 1.52 bits per heavy atom. The monoisotopic (exact) mass is 362 g/mol. The van der Waals surface area contributed by atoms with Crippen molar-refractivity contribution in [1.29, 1.82) is 0 Å². The molecule has 25 heavy (non-hydrogen) atoms. The maximum absolute atomic E-state index is 12.1. The lowest BCUT2D eigenvalue weighted by atomic mass is 10.2. The summed E-state index contributed by atoms with van der Waals surface area (Å²) in [5, 5.41) is 8.62. The third kappa shape index (κ3) is 12.8. The van der Waals surface area contributed by atoms with Gasteiger partial charge >= 0.3 is 17.9 Å². The van der Waals surface area contributed by atoms with Crippen molar-refractivity contribution in [2.45, 2.75) is 78.1 Å². The van der Waals surface area contributed by atoms with E-state index in [-0.39, 0.29) is 19.4 Å². The Balaban J connectivity index is 4.62. The molecular weight excluding hydrogens is 328 g/mol. The molecule has 0 heterocycles. The molecule has 0 spiro atoms. The molecule has 0 fully saturated rings. The quantitative estimate of drug-likeness (QED) is 0.240. The van der Waals surface area contributed by atoms with E-state index in [1.807, 2.05) is 6.92 Å². The fourth-order valence-electron chi connectivity index (χ4n) is 2.02. The zero-order valence-electron chi connectivity index (χ0n) is 15.9. The van der Waals surface area contributed by atoms with Gasteiger partial charge in [0.1, 0.15) is 6.61 Å². The van der Waals surface area contributed by atoms with E-state index in [1.165, 1.54) is 0 Å². The average Bonchev–Trinajstić information content (AvgIpc) is 2.56. The second-order valence-corrected chi connectivity index (χ2v) is 5.80. The van der Waals surface area contributed by atoms with Gasteiger partial charge in [-0.15, -0.1) is 0 Å². The normalized spacial score (nSPS) is 13.4. The van der Waals surface area contributed by atoms with E-state index in [4.69, 9.17) is 24.1 Å². The third-order valence-corrected chi connectivity index (χ3v) is 3.40. The number of esters is 1. The molecular formula is C18H34O7. The molecule has 0 bridgehead atoms. The molecule has 0 aromatic heterocycles. The van der Waals surface area contributed by atoms with E-state index in [0.29, 0.717) is 32.7 Å². The largest absolute Gasteiger partial charge is 0.481 e. The van der Waals surface area contributed by atoms with Crippen LogP contribution in [0.15, 0.2) is 0 Å². The van der Waals surface area contributed by atoms with Crippen LogP contribution >= 0.6 is 0 Å². The number of ether oxygens (including phenoxy) is 4. The minimum atomic E-state index is -1.53. The molecule has 0 rings (SSSR count). The maximum atomic E-state index is 12.1. The van der Waals surface area contributed by atoms with Crippen LogP contribution in [0.4, 0.5) is 0 Å². The summed E-state index contributed by atoms with van der Waals surface area (Å²) in [5.74, 6) is -2.87. The number of carboxylic acid groups (broad SMARTS) is 1. The van der Waals surface area contributed by atoms with Crippen LogP contribution in [-0.4, -0.2) is 49.4 Å². The summed E-state index contributed by atoms with van der Waals surface area (Å²) in [4.78, 5) is 22.6. The fourth-order valence-corrected chi connectivity index (χ4v) is 2.02. The standard InChI is InChI=1S/C18H34O7/c1-4-7-13-22-15-18(23-6-3,24-14-8-5-2)25-17(21)12-10-9-11-16(19)20/h4-15H2,1-3H3,(H,19,20). The number of unbranched alkanes of at least 4 members (excludes halogenated alkanes) is 3. The van der Waals surface area contributed by atoms with Crippen molar-refractivity contribution < 1.29 is 33.6 Å². The number of hydrogen-bond acceptors (Lipinski definition) is 6. The fraction of sp³-hybridized carbons (Fsp3) is 0.889. The number of carbonyl (C=O) groups excluding carboxylic acids is 1. The van der Waals surface area contributed by atoms with Crippen LogP contribution in [0.5, 0.6) is 0 Å². The van der Waals surface area contributed by atoms with Gasteiger partial charge < -0.3 is 24.1 Å². The summed E-state index contributed by atoms with van der Waals surface area (Å²) in [6.07, 6.45) is 4.70. The van der Waals surface area contributed by atoms with E-state index in [1.54, 1.807) is 6.92 Å². The molecule has 0 aliphatic heterocycles. The van der Waals surface area contributed by atoms with Gasteiger partial charge in [-0.2, -0.15) is 0 Å². The molecule has 0 amide bonds. The van der Waals surface area contributed by atoms with Gasteiger partial charge in [-0.05, 0) is 32.6 Å². The number of carboxylic acids is 1. The van der Waals surface area contributed by atoms with E-state index < -0.39 is 17.9 Å². The van der Waals surface area contributed by atoms with Crippen molar-refractivity contribution in [3.63, 3.8) is 0 Å². The van der Waals surface area contributed by atoms with Crippen molar-refractivity contribution in [1.82, 2.24) is 0 Å². The van der Waals surface area contributed by atoms with Crippen molar-refractivity contribution in [3.8, 4) is 0 Å². The molecule has 0 aromatic carbocycles. The summed E-state index contributed by atoms with van der Waals surface area (Å²) in [7, 11) is 0. The molecule has 0 radical (unpaired) electrons. The molecule has 7 heteroatoms. The van der Waals surface area contributed by atoms with Crippen LogP contribution in [0, 0.1) is 0 Å². The second kappa shape index (κ2) is 15.1. The minimum absolute atomic E-state index is 0.0193. The molecule has 0 saturated carbocycles. The first-order valence-corrected chi connectivity index (χ1v) is 9.29. The Labute approximate surface area is 151 Å². The summed E-state index contributed by atoms with van der Waals surface area (Å²) in [5.41, 5.74) is 0.